The number of rotatable bonds is 5. The van der Waals surface area contributed by atoms with E-state index in [4.69, 9.17) is 11.6 Å². The molecule has 0 aliphatic heterocycles. The molecule has 2 amide bonds. The SMILES string of the molecule is Cc1c(F)cc(C(=O)NCC(=O)Nc2ccc(Cl)cc2)cc1[N+](=O)[O-]. The van der Waals surface area contributed by atoms with Crippen LogP contribution in [0.25, 0.3) is 0 Å². The Morgan fingerprint density at radius 3 is 2.48 bits per heavy atom. The number of nitrogens with zero attached hydrogens (tertiary/aromatic N) is 1. The predicted octanol–water partition coefficient (Wildman–Crippen LogP) is 3.06. The zero-order valence-electron chi connectivity index (χ0n) is 13.0. The largest absolute Gasteiger partial charge is 0.343 e. The molecule has 0 aliphatic carbocycles. The molecule has 0 saturated heterocycles. The Kier molecular flexibility index (Phi) is 5.66. The first-order chi connectivity index (χ1) is 11.8. The standard InChI is InChI=1S/C16H13ClFN3O4/c1-9-13(18)6-10(7-14(9)21(24)25)16(23)19-8-15(22)20-12-4-2-11(17)3-5-12/h2-7H,8H2,1H3,(H,19,23)(H,20,22). The topological polar surface area (TPSA) is 101 Å². The molecule has 0 unspecified atom stereocenters. The van der Waals surface area contributed by atoms with Gasteiger partial charge in [-0.3, -0.25) is 19.7 Å². The van der Waals surface area contributed by atoms with Gasteiger partial charge in [-0.15, -0.1) is 0 Å². The van der Waals surface area contributed by atoms with E-state index in [0.717, 1.165) is 12.1 Å². The van der Waals surface area contributed by atoms with Crippen LogP contribution >= 0.6 is 11.6 Å². The van der Waals surface area contributed by atoms with Gasteiger partial charge in [0.1, 0.15) is 5.82 Å². The van der Waals surface area contributed by atoms with E-state index in [2.05, 4.69) is 10.6 Å². The highest BCUT2D eigenvalue weighted by molar-refractivity contribution is 6.30. The number of carbonyl (C=O) groups is 2. The number of nitrogens with one attached hydrogen (secondary N) is 2. The molecule has 0 spiro atoms. The minimum absolute atomic E-state index is 0.165. The molecule has 0 radical (unpaired) electrons. The Morgan fingerprint density at radius 2 is 1.88 bits per heavy atom. The van der Waals surface area contributed by atoms with Gasteiger partial charge < -0.3 is 10.6 Å². The maximum absolute atomic E-state index is 13.7. The minimum atomic E-state index is -0.870. The van der Waals surface area contributed by atoms with Crippen molar-refractivity contribution in [3.63, 3.8) is 0 Å². The lowest BCUT2D eigenvalue weighted by Gasteiger charge is -2.08. The zero-order chi connectivity index (χ0) is 18.6. The van der Waals surface area contributed by atoms with Crippen LogP contribution < -0.4 is 10.6 Å². The summed E-state index contributed by atoms with van der Waals surface area (Å²) in [6.07, 6.45) is 0. The van der Waals surface area contributed by atoms with E-state index < -0.39 is 28.2 Å². The van der Waals surface area contributed by atoms with Crippen LogP contribution in [0, 0.1) is 22.9 Å². The molecule has 0 atom stereocenters. The number of hydrogen-bond donors (Lipinski definition) is 2. The van der Waals surface area contributed by atoms with E-state index in [9.17, 15) is 24.1 Å². The van der Waals surface area contributed by atoms with Crippen LogP contribution in [-0.4, -0.2) is 23.3 Å². The first-order valence-corrected chi connectivity index (χ1v) is 7.44. The van der Waals surface area contributed by atoms with Crippen LogP contribution in [0.3, 0.4) is 0 Å². The van der Waals surface area contributed by atoms with E-state index in [1.54, 1.807) is 24.3 Å². The quantitative estimate of drug-likeness (QED) is 0.628. The van der Waals surface area contributed by atoms with Gasteiger partial charge in [-0.05, 0) is 37.3 Å². The number of halogens is 2. The smallest absolute Gasteiger partial charge is 0.276 e. The first-order valence-electron chi connectivity index (χ1n) is 7.06. The number of carbonyl (C=O) groups excluding carboxylic acids is 2. The lowest BCUT2D eigenvalue weighted by Crippen LogP contribution is -2.33. The van der Waals surface area contributed by atoms with Gasteiger partial charge >= 0.3 is 0 Å². The number of hydrogen-bond acceptors (Lipinski definition) is 4. The molecule has 2 aromatic carbocycles. The highest BCUT2D eigenvalue weighted by Gasteiger charge is 2.19. The minimum Gasteiger partial charge on any atom is -0.343 e. The van der Waals surface area contributed by atoms with Crippen molar-refractivity contribution in [3.05, 3.63) is 68.5 Å². The molecule has 2 N–H and O–H groups in total. The van der Waals surface area contributed by atoms with E-state index >= 15 is 0 Å². The summed E-state index contributed by atoms with van der Waals surface area (Å²) in [7, 11) is 0. The number of nitro groups is 1. The fourth-order valence-corrected chi connectivity index (χ4v) is 2.11. The third-order valence-corrected chi connectivity index (χ3v) is 3.57. The van der Waals surface area contributed by atoms with Crippen LogP contribution in [0.5, 0.6) is 0 Å². The van der Waals surface area contributed by atoms with Crippen LogP contribution in [0.4, 0.5) is 15.8 Å². The maximum Gasteiger partial charge on any atom is 0.276 e. The summed E-state index contributed by atoms with van der Waals surface area (Å²) in [5.74, 6) is -2.18. The zero-order valence-corrected chi connectivity index (χ0v) is 13.8. The molecule has 130 valence electrons. The van der Waals surface area contributed by atoms with Crippen molar-refractivity contribution in [1.29, 1.82) is 0 Å². The second-order valence-electron chi connectivity index (χ2n) is 5.10. The highest BCUT2D eigenvalue weighted by atomic mass is 35.5. The summed E-state index contributed by atoms with van der Waals surface area (Å²) in [6, 6.07) is 8.19. The number of amides is 2. The van der Waals surface area contributed by atoms with Gasteiger partial charge in [-0.2, -0.15) is 0 Å². The molecule has 2 rings (SSSR count). The van der Waals surface area contributed by atoms with Crippen molar-refractivity contribution >= 4 is 34.8 Å². The Balaban J connectivity index is 2.01. The van der Waals surface area contributed by atoms with E-state index in [0.29, 0.717) is 10.7 Å². The first kappa shape index (κ1) is 18.3. The molecule has 0 fully saturated rings. The molecular weight excluding hydrogens is 353 g/mol. The van der Waals surface area contributed by atoms with Crippen molar-refractivity contribution in [2.45, 2.75) is 6.92 Å². The summed E-state index contributed by atoms with van der Waals surface area (Å²) >= 11 is 5.73. The highest BCUT2D eigenvalue weighted by Crippen LogP contribution is 2.22. The fourth-order valence-electron chi connectivity index (χ4n) is 1.99. The fraction of sp³-hybridized carbons (Fsp3) is 0.125. The monoisotopic (exact) mass is 365 g/mol. The van der Waals surface area contributed by atoms with Gasteiger partial charge in [0, 0.05) is 22.3 Å². The molecule has 2 aromatic rings. The van der Waals surface area contributed by atoms with Crippen molar-refractivity contribution in [2.75, 3.05) is 11.9 Å². The van der Waals surface area contributed by atoms with E-state index in [1.165, 1.54) is 6.92 Å². The number of nitro benzene ring substituents is 1. The molecule has 0 aliphatic rings. The molecule has 7 nitrogen and oxygen atoms in total. The number of benzene rings is 2. The van der Waals surface area contributed by atoms with Gasteiger partial charge in [0.15, 0.2) is 0 Å². The lowest BCUT2D eigenvalue weighted by atomic mass is 10.1. The Morgan fingerprint density at radius 1 is 1.24 bits per heavy atom. The van der Waals surface area contributed by atoms with Gasteiger partial charge in [0.25, 0.3) is 11.6 Å². The molecular formula is C16H13ClFN3O4. The predicted molar refractivity (Wildman–Crippen MR) is 90.2 cm³/mol. The lowest BCUT2D eigenvalue weighted by molar-refractivity contribution is -0.385. The molecule has 0 saturated carbocycles. The molecule has 9 heteroatoms. The van der Waals surface area contributed by atoms with Crippen LogP contribution in [0.1, 0.15) is 15.9 Å². The Hall–Kier alpha value is -3.00. The number of anilines is 1. The second-order valence-corrected chi connectivity index (χ2v) is 5.53. The van der Waals surface area contributed by atoms with Gasteiger partial charge in [0.2, 0.25) is 5.91 Å². The van der Waals surface area contributed by atoms with Crippen LogP contribution in [0.15, 0.2) is 36.4 Å². The van der Waals surface area contributed by atoms with E-state index in [1.807, 2.05) is 0 Å². The van der Waals surface area contributed by atoms with Crippen molar-refractivity contribution in [3.8, 4) is 0 Å². The maximum atomic E-state index is 13.7. The van der Waals surface area contributed by atoms with Crippen LogP contribution in [-0.2, 0) is 4.79 Å². The third kappa shape index (κ3) is 4.74. The summed E-state index contributed by atoms with van der Waals surface area (Å²) in [5, 5.41) is 16.2. The molecule has 25 heavy (non-hydrogen) atoms. The Labute approximate surface area is 146 Å². The molecule has 0 bridgehead atoms. The summed E-state index contributed by atoms with van der Waals surface area (Å²) in [6.45, 7) is 0.861. The van der Waals surface area contributed by atoms with Gasteiger partial charge in [0.05, 0.1) is 17.0 Å². The van der Waals surface area contributed by atoms with Gasteiger partial charge in [-0.1, -0.05) is 11.6 Å². The summed E-state index contributed by atoms with van der Waals surface area (Å²) in [4.78, 5) is 33.9. The van der Waals surface area contributed by atoms with Gasteiger partial charge in [-0.25, -0.2) is 4.39 Å². The second kappa shape index (κ2) is 7.71. The Bertz CT molecular complexity index is 840. The van der Waals surface area contributed by atoms with Crippen molar-refractivity contribution in [1.82, 2.24) is 5.32 Å². The normalized spacial score (nSPS) is 10.2. The summed E-state index contributed by atoms with van der Waals surface area (Å²) < 4.78 is 13.7. The molecule has 0 heterocycles. The average molecular weight is 366 g/mol. The van der Waals surface area contributed by atoms with Crippen molar-refractivity contribution < 1.29 is 18.9 Å². The van der Waals surface area contributed by atoms with Crippen LogP contribution in [0.2, 0.25) is 5.02 Å². The third-order valence-electron chi connectivity index (χ3n) is 3.31. The summed E-state index contributed by atoms with van der Waals surface area (Å²) in [5.41, 5.74) is -0.424. The average Bonchev–Trinajstić information content (AvgIpc) is 2.56. The van der Waals surface area contributed by atoms with E-state index in [-0.39, 0.29) is 17.7 Å². The van der Waals surface area contributed by atoms with Crippen molar-refractivity contribution in [2.24, 2.45) is 0 Å². The molecule has 0 aromatic heterocycles.